The van der Waals surface area contributed by atoms with Crippen molar-refractivity contribution in [1.82, 2.24) is 0 Å². The minimum Gasteiger partial charge on any atom is -0.343 e. The van der Waals surface area contributed by atoms with Gasteiger partial charge in [-0.3, -0.25) is 4.57 Å². The van der Waals surface area contributed by atoms with Gasteiger partial charge < -0.3 is 18.5 Å². The van der Waals surface area contributed by atoms with Crippen molar-refractivity contribution in [2.75, 3.05) is 31.9 Å². The van der Waals surface area contributed by atoms with Gasteiger partial charge in [0.05, 0.1) is 19.8 Å². The van der Waals surface area contributed by atoms with E-state index in [1.54, 1.807) is 25.6 Å². The van der Waals surface area contributed by atoms with E-state index in [1.165, 1.54) is 0 Å². The molecule has 1 saturated heterocycles. The molecule has 15 heavy (non-hydrogen) atoms. The maximum atomic E-state index is 11.9. The Kier molecular flexibility index (Phi) is 6.19. The van der Waals surface area contributed by atoms with E-state index in [2.05, 4.69) is 0 Å². The van der Waals surface area contributed by atoms with Crippen molar-refractivity contribution in [3.8, 4) is 0 Å². The summed E-state index contributed by atoms with van der Waals surface area (Å²) < 4.78 is 32.6. The largest absolute Gasteiger partial charge is 0.356 e. The first kappa shape index (κ1) is 13.5. The van der Waals surface area contributed by atoms with Gasteiger partial charge in [-0.1, -0.05) is 11.8 Å². The Bertz CT molecular complexity index is 209. The molecule has 1 aliphatic rings. The van der Waals surface area contributed by atoms with Gasteiger partial charge in [0.2, 0.25) is 5.62 Å². The van der Waals surface area contributed by atoms with E-state index in [1.807, 2.05) is 0 Å². The van der Waals surface area contributed by atoms with Crippen LogP contribution in [0.5, 0.6) is 0 Å². The van der Waals surface area contributed by atoms with Crippen LogP contribution in [-0.2, 0) is 23.1 Å². The van der Waals surface area contributed by atoms with Gasteiger partial charge in [0, 0.05) is 5.75 Å². The van der Waals surface area contributed by atoms with Crippen LogP contribution in [0.3, 0.4) is 0 Å². The monoisotopic (exact) mass is 256 g/mol. The van der Waals surface area contributed by atoms with Crippen LogP contribution in [0.4, 0.5) is 0 Å². The summed E-state index contributed by atoms with van der Waals surface area (Å²) in [5, 5.41) is 0. The van der Waals surface area contributed by atoms with E-state index in [9.17, 15) is 4.57 Å². The maximum Gasteiger partial charge on any atom is 0.356 e. The first-order chi connectivity index (χ1) is 7.20. The summed E-state index contributed by atoms with van der Waals surface area (Å²) in [6.07, 6.45) is -0.0493. The van der Waals surface area contributed by atoms with Crippen molar-refractivity contribution < 1.29 is 23.1 Å². The van der Waals surface area contributed by atoms with Crippen LogP contribution in [0.2, 0.25) is 0 Å². The lowest BCUT2D eigenvalue weighted by Crippen LogP contribution is -2.11. The Balaban J connectivity index is 2.32. The zero-order valence-electron chi connectivity index (χ0n) is 9.01. The highest BCUT2D eigenvalue weighted by Crippen LogP contribution is 2.48. The minimum absolute atomic E-state index is 0.0493. The second kappa shape index (κ2) is 6.89. The predicted octanol–water partition coefficient (Wildman–Crippen LogP) is 2.27. The predicted molar refractivity (Wildman–Crippen MR) is 59.0 cm³/mol. The molecule has 0 aromatic carbocycles. The third kappa shape index (κ3) is 4.85. The molecular formula is C8H17O5PS. The summed E-state index contributed by atoms with van der Waals surface area (Å²) >= 11 is 1.54. The van der Waals surface area contributed by atoms with Gasteiger partial charge in [0.15, 0.2) is 6.35 Å². The van der Waals surface area contributed by atoms with Gasteiger partial charge in [0.25, 0.3) is 0 Å². The molecule has 90 valence electrons. The fraction of sp³-hybridized carbons (Fsp3) is 1.00. The van der Waals surface area contributed by atoms with E-state index < -0.39 is 7.60 Å². The second-order valence-corrected chi connectivity index (χ2v) is 5.90. The molecule has 1 atom stereocenters. The fourth-order valence-electron chi connectivity index (χ4n) is 1.09. The average molecular weight is 256 g/mol. The molecule has 0 bridgehead atoms. The smallest absolute Gasteiger partial charge is 0.343 e. The number of thioether (sulfide) groups is 1. The van der Waals surface area contributed by atoms with Crippen LogP contribution in [0.15, 0.2) is 0 Å². The van der Waals surface area contributed by atoms with E-state index in [-0.39, 0.29) is 12.0 Å². The third-order valence-electron chi connectivity index (χ3n) is 1.61. The van der Waals surface area contributed by atoms with E-state index in [4.69, 9.17) is 18.5 Å². The molecule has 0 radical (unpaired) electrons. The molecule has 0 aromatic rings. The molecule has 0 aliphatic carbocycles. The molecular weight excluding hydrogens is 239 g/mol. The number of ether oxygens (including phenoxy) is 2. The van der Waals surface area contributed by atoms with Crippen LogP contribution >= 0.6 is 19.4 Å². The van der Waals surface area contributed by atoms with Gasteiger partial charge >= 0.3 is 7.60 Å². The van der Waals surface area contributed by atoms with Gasteiger partial charge in [-0.25, -0.2) is 0 Å². The zero-order valence-corrected chi connectivity index (χ0v) is 10.7. The molecule has 0 aromatic heterocycles. The number of hydrogen-bond donors (Lipinski definition) is 0. The van der Waals surface area contributed by atoms with Crippen LogP contribution in [-0.4, -0.2) is 37.5 Å². The lowest BCUT2D eigenvalue weighted by Gasteiger charge is -2.18. The second-order valence-electron chi connectivity index (χ2n) is 2.77. The molecule has 0 spiro atoms. The molecule has 1 rings (SSSR count). The van der Waals surface area contributed by atoms with Crippen LogP contribution in [0.1, 0.15) is 13.8 Å². The summed E-state index contributed by atoms with van der Waals surface area (Å²) in [7, 11) is -3.09. The number of hydrogen-bond acceptors (Lipinski definition) is 6. The topological polar surface area (TPSA) is 54.0 Å². The quantitative estimate of drug-likeness (QED) is 0.651. The van der Waals surface area contributed by atoms with Crippen molar-refractivity contribution in [3.05, 3.63) is 0 Å². The SMILES string of the molecule is CCOP(=O)(COC1OCCS1)OCC. The Hall–Kier alpha value is 0.420. The Morgan fingerprint density at radius 1 is 1.40 bits per heavy atom. The third-order valence-corrected chi connectivity index (χ3v) is 4.33. The maximum absolute atomic E-state index is 11.9. The first-order valence-electron chi connectivity index (χ1n) is 4.93. The van der Waals surface area contributed by atoms with Gasteiger partial charge in [-0.05, 0) is 13.8 Å². The van der Waals surface area contributed by atoms with Gasteiger partial charge in [-0.15, -0.1) is 0 Å². The van der Waals surface area contributed by atoms with Gasteiger partial charge in [0.1, 0.15) is 0 Å². The molecule has 0 saturated carbocycles. The highest BCUT2D eigenvalue weighted by atomic mass is 32.2. The molecule has 1 aliphatic heterocycles. The van der Waals surface area contributed by atoms with Crippen LogP contribution in [0.25, 0.3) is 0 Å². The van der Waals surface area contributed by atoms with Gasteiger partial charge in [-0.2, -0.15) is 0 Å². The van der Waals surface area contributed by atoms with Crippen molar-refractivity contribution in [1.29, 1.82) is 0 Å². The summed E-state index contributed by atoms with van der Waals surface area (Å²) in [6.45, 7) is 4.90. The number of rotatable bonds is 7. The van der Waals surface area contributed by atoms with Crippen molar-refractivity contribution in [2.45, 2.75) is 19.5 Å². The summed E-state index contributed by atoms with van der Waals surface area (Å²) in [4.78, 5) is 0. The standard InChI is InChI=1S/C8H17O5PS/c1-3-12-14(9,13-4-2)7-11-8-10-5-6-15-8/h8H,3-7H2,1-2H3. The zero-order chi connectivity index (χ0) is 11.1. The molecule has 7 heteroatoms. The normalized spacial score (nSPS) is 22.1. The average Bonchev–Trinajstić information content (AvgIpc) is 2.68. The Morgan fingerprint density at radius 2 is 2.07 bits per heavy atom. The molecule has 1 fully saturated rings. The molecule has 1 unspecified atom stereocenters. The lowest BCUT2D eigenvalue weighted by molar-refractivity contribution is -0.0567. The molecule has 1 heterocycles. The van der Waals surface area contributed by atoms with E-state index in [0.717, 1.165) is 5.75 Å². The van der Waals surface area contributed by atoms with E-state index in [0.29, 0.717) is 19.8 Å². The van der Waals surface area contributed by atoms with Crippen LogP contribution < -0.4 is 0 Å². The van der Waals surface area contributed by atoms with Crippen molar-refractivity contribution >= 4 is 19.4 Å². The summed E-state index contributed by atoms with van der Waals surface area (Å²) in [6, 6.07) is 0. The molecule has 5 nitrogen and oxygen atoms in total. The fourth-order valence-corrected chi connectivity index (χ4v) is 3.26. The minimum atomic E-state index is -3.09. The molecule has 0 N–H and O–H groups in total. The highest BCUT2D eigenvalue weighted by Gasteiger charge is 2.27. The van der Waals surface area contributed by atoms with Crippen molar-refractivity contribution in [3.63, 3.8) is 0 Å². The Morgan fingerprint density at radius 3 is 2.53 bits per heavy atom. The first-order valence-corrected chi connectivity index (χ1v) is 7.71. The van der Waals surface area contributed by atoms with E-state index >= 15 is 0 Å². The highest BCUT2D eigenvalue weighted by molar-refractivity contribution is 7.99. The molecule has 0 amide bonds. The summed E-state index contributed by atoms with van der Waals surface area (Å²) in [5.41, 5.74) is -0.334. The lowest BCUT2D eigenvalue weighted by atomic mass is 10.9. The Labute approximate surface area is 94.3 Å². The van der Waals surface area contributed by atoms with Crippen LogP contribution in [0, 0.1) is 0 Å². The van der Waals surface area contributed by atoms with Crippen molar-refractivity contribution in [2.24, 2.45) is 0 Å². The summed E-state index contributed by atoms with van der Waals surface area (Å²) in [5.74, 6) is 0.901.